The van der Waals surface area contributed by atoms with Crippen molar-refractivity contribution in [2.24, 2.45) is 4.99 Å². The third-order valence-electron chi connectivity index (χ3n) is 4.57. The molecule has 0 amide bonds. The van der Waals surface area contributed by atoms with Crippen LogP contribution in [0.2, 0.25) is 0 Å². The van der Waals surface area contributed by atoms with Gasteiger partial charge in [-0.3, -0.25) is 18.9 Å². The Kier molecular flexibility index (Phi) is 5.28. The number of nitrogens with zero attached hydrogens (tertiary/aromatic N) is 3. The first kappa shape index (κ1) is 19.4. The van der Waals surface area contributed by atoms with Crippen molar-refractivity contribution in [3.8, 4) is 17.3 Å². The zero-order valence-electron chi connectivity index (χ0n) is 15.8. The van der Waals surface area contributed by atoms with Crippen LogP contribution in [0.4, 0.5) is 11.4 Å². The summed E-state index contributed by atoms with van der Waals surface area (Å²) < 4.78 is 2.96. The summed E-state index contributed by atoms with van der Waals surface area (Å²) >= 11 is 5.59. The molecule has 3 aromatic carbocycles. The summed E-state index contributed by atoms with van der Waals surface area (Å²) in [7, 11) is 0. The van der Waals surface area contributed by atoms with Crippen molar-refractivity contribution in [2.45, 2.75) is 0 Å². The number of rotatable bonds is 4. The van der Waals surface area contributed by atoms with Gasteiger partial charge in [0.15, 0.2) is 4.77 Å². The third-order valence-corrected chi connectivity index (χ3v) is 4.93. The molecule has 1 aromatic heterocycles. The molecule has 30 heavy (non-hydrogen) atoms. The van der Waals surface area contributed by atoms with Crippen molar-refractivity contribution >= 4 is 29.8 Å². The first-order valence-electron chi connectivity index (χ1n) is 9.18. The number of aliphatic imine (C=N–C) groups is 1. The smallest absolute Gasteiger partial charge is 0.271 e. The van der Waals surface area contributed by atoms with Crippen molar-refractivity contribution in [3.63, 3.8) is 0 Å². The quantitative estimate of drug-likeness (QED) is 0.295. The molecule has 0 saturated carbocycles. The van der Waals surface area contributed by atoms with E-state index in [0.717, 1.165) is 0 Å². The first-order valence-corrected chi connectivity index (χ1v) is 9.59. The molecular formula is C23H18N4O2S. The number of aromatic hydroxyl groups is 1. The predicted molar refractivity (Wildman–Crippen MR) is 122 cm³/mol. The molecule has 0 unspecified atom stereocenters. The van der Waals surface area contributed by atoms with Crippen LogP contribution >= 0.6 is 12.2 Å². The van der Waals surface area contributed by atoms with Crippen molar-refractivity contribution in [2.75, 3.05) is 5.73 Å². The molecule has 1 heterocycles. The van der Waals surface area contributed by atoms with Gasteiger partial charge in [-0.2, -0.15) is 0 Å². The lowest BCUT2D eigenvalue weighted by molar-refractivity contribution is 0.430. The first-order chi connectivity index (χ1) is 14.6. The van der Waals surface area contributed by atoms with Gasteiger partial charge in [0.1, 0.15) is 5.56 Å². The molecule has 7 heteroatoms. The van der Waals surface area contributed by atoms with Gasteiger partial charge in [-0.1, -0.05) is 48.5 Å². The monoisotopic (exact) mass is 414 g/mol. The minimum Gasteiger partial charge on any atom is -0.494 e. The lowest BCUT2D eigenvalue weighted by atomic mass is 10.2. The summed E-state index contributed by atoms with van der Waals surface area (Å²) in [6.07, 6.45) is 1.32. The van der Waals surface area contributed by atoms with Crippen LogP contribution in [0.5, 0.6) is 5.88 Å². The summed E-state index contributed by atoms with van der Waals surface area (Å²) in [5, 5.41) is 11.0. The molecule has 0 fully saturated rings. The maximum absolute atomic E-state index is 13.3. The maximum Gasteiger partial charge on any atom is 0.271 e. The maximum atomic E-state index is 13.3. The van der Waals surface area contributed by atoms with Crippen molar-refractivity contribution in [1.82, 2.24) is 9.13 Å². The molecule has 0 radical (unpaired) electrons. The highest BCUT2D eigenvalue weighted by atomic mass is 32.1. The van der Waals surface area contributed by atoms with Crippen LogP contribution in [-0.4, -0.2) is 20.5 Å². The van der Waals surface area contributed by atoms with Gasteiger partial charge >= 0.3 is 0 Å². The SMILES string of the molecule is Nc1ccccc1N=Cc1c(O)n(-c2ccccc2)c(=S)n(-c2ccccc2)c1=O. The summed E-state index contributed by atoms with van der Waals surface area (Å²) in [5.41, 5.74) is 7.64. The van der Waals surface area contributed by atoms with Gasteiger partial charge < -0.3 is 10.8 Å². The Labute approximate surface area is 177 Å². The molecule has 0 aliphatic rings. The van der Waals surface area contributed by atoms with E-state index in [9.17, 15) is 9.90 Å². The van der Waals surface area contributed by atoms with Crippen LogP contribution < -0.4 is 11.3 Å². The van der Waals surface area contributed by atoms with Gasteiger partial charge in [0, 0.05) is 6.21 Å². The van der Waals surface area contributed by atoms with Crippen molar-refractivity contribution in [1.29, 1.82) is 0 Å². The molecule has 0 spiro atoms. The van der Waals surface area contributed by atoms with E-state index in [1.54, 1.807) is 48.5 Å². The Bertz CT molecular complexity index is 1340. The lowest BCUT2D eigenvalue weighted by Gasteiger charge is -2.16. The number of para-hydroxylation sites is 4. The average Bonchev–Trinajstić information content (AvgIpc) is 2.76. The van der Waals surface area contributed by atoms with E-state index >= 15 is 0 Å². The summed E-state index contributed by atoms with van der Waals surface area (Å²) in [6.45, 7) is 0. The Morgan fingerprint density at radius 3 is 1.97 bits per heavy atom. The van der Waals surface area contributed by atoms with Gasteiger partial charge in [0.05, 0.1) is 22.7 Å². The fourth-order valence-corrected chi connectivity index (χ4v) is 3.46. The normalized spacial score (nSPS) is 11.1. The molecule has 3 N–H and O–H groups in total. The van der Waals surface area contributed by atoms with E-state index in [4.69, 9.17) is 18.0 Å². The van der Waals surface area contributed by atoms with Gasteiger partial charge in [0.2, 0.25) is 5.88 Å². The minimum atomic E-state index is -0.478. The van der Waals surface area contributed by atoms with Crippen LogP contribution in [0.1, 0.15) is 5.56 Å². The second-order valence-corrected chi connectivity index (χ2v) is 6.85. The van der Waals surface area contributed by atoms with Crippen LogP contribution in [0.3, 0.4) is 0 Å². The zero-order valence-corrected chi connectivity index (χ0v) is 16.7. The van der Waals surface area contributed by atoms with Crippen LogP contribution in [-0.2, 0) is 0 Å². The minimum absolute atomic E-state index is 0.000408. The number of nitrogen functional groups attached to an aromatic ring is 1. The van der Waals surface area contributed by atoms with Crippen LogP contribution in [0, 0.1) is 4.77 Å². The standard InChI is InChI=1S/C23H18N4O2S/c24-19-13-7-8-14-20(19)25-15-18-21(28)26(16-9-3-1-4-10-16)23(30)27(22(18)29)17-11-5-2-6-12-17/h1-15,28H,24H2. The molecule has 0 aliphatic heterocycles. The summed E-state index contributed by atoms with van der Waals surface area (Å²) in [5.74, 6) is -0.290. The number of hydrogen-bond donors (Lipinski definition) is 2. The van der Waals surface area contributed by atoms with E-state index in [0.29, 0.717) is 22.7 Å². The third kappa shape index (κ3) is 3.54. The second kappa shape index (κ2) is 8.18. The van der Waals surface area contributed by atoms with E-state index in [2.05, 4.69) is 4.99 Å². The van der Waals surface area contributed by atoms with E-state index in [1.165, 1.54) is 15.3 Å². The molecule has 4 rings (SSSR count). The fourth-order valence-electron chi connectivity index (χ4n) is 3.08. The second-order valence-electron chi connectivity index (χ2n) is 6.48. The fraction of sp³-hybridized carbons (Fsp3) is 0. The number of benzene rings is 3. The Hall–Kier alpha value is -3.97. The van der Waals surface area contributed by atoms with E-state index in [1.807, 2.05) is 36.4 Å². The van der Waals surface area contributed by atoms with Crippen molar-refractivity contribution in [3.05, 3.63) is 106 Å². The molecule has 0 bridgehead atoms. The summed E-state index contributed by atoms with van der Waals surface area (Å²) in [4.78, 5) is 17.6. The number of nitrogens with two attached hydrogens (primary N) is 1. The summed E-state index contributed by atoms with van der Waals surface area (Å²) in [6, 6.07) is 25.2. The largest absolute Gasteiger partial charge is 0.494 e. The van der Waals surface area contributed by atoms with E-state index in [-0.39, 0.29) is 16.2 Å². The van der Waals surface area contributed by atoms with Crippen molar-refractivity contribution < 1.29 is 5.11 Å². The molecular weight excluding hydrogens is 396 g/mol. The molecule has 4 aromatic rings. The van der Waals surface area contributed by atoms with Gasteiger partial charge in [-0.15, -0.1) is 0 Å². The van der Waals surface area contributed by atoms with E-state index < -0.39 is 5.56 Å². The highest BCUT2D eigenvalue weighted by Gasteiger charge is 2.18. The zero-order chi connectivity index (χ0) is 21.1. The molecule has 6 nitrogen and oxygen atoms in total. The highest BCUT2D eigenvalue weighted by Crippen LogP contribution is 2.24. The highest BCUT2D eigenvalue weighted by molar-refractivity contribution is 7.71. The van der Waals surface area contributed by atoms with Gasteiger partial charge in [-0.25, -0.2) is 0 Å². The number of aromatic nitrogens is 2. The molecule has 0 aliphatic carbocycles. The van der Waals surface area contributed by atoms with Crippen LogP contribution in [0.25, 0.3) is 11.4 Å². The molecule has 148 valence electrons. The van der Waals surface area contributed by atoms with Crippen LogP contribution in [0.15, 0.2) is 94.7 Å². The molecule has 0 saturated heterocycles. The van der Waals surface area contributed by atoms with Gasteiger partial charge in [0.25, 0.3) is 5.56 Å². The average molecular weight is 414 g/mol. The predicted octanol–water partition coefficient (Wildman–Crippen LogP) is 4.40. The number of anilines is 1. The Morgan fingerprint density at radius 2 is 1.37 bits per heavy atom. The lowest BCUT2D eigenvalue weighted by Crippen LogP contribution is -2.27. The Morgan fingerprint density at radius 1 is 0.833 bits per heavy atom. The molecule has 0 atom stereocenters. The topological polar surface area (TPSA) is 85.5 Å². The Balaban J connectivity index is 2.02. The number of hydrogen-bond acceptors (Lipinski definition) is 5. The van der Waals surface area contributed by atoms with Gasteiger partial charge in [-0.05, 0) is 48.6 Å².